The van der Waals surface area contributed by atoms with Crippen molar-refractivity contribution in [2.45, 2.75) is 37.1 Å². The summed E-state index contributed by atoms with van der Waals surface area (Å²) in [4.78, 5) is 34.9. The van der Waals surface area contributed by atoms with E-state index >= 15 is 0 Å². The number of nitriles is 1. The maximum atomic E-state index is 13.0. The summed E-state index contributed by atoms with van der Waals surface area (Å²) in [6.07, 6.45) is 8.32. The van der Waals surface area contributed by atoms with Crippen molar-refractivity contribution >= 4 is 35.4 Å². The summed E-state index contributed by atoms with van der Waals surface area (Å²) in [5.41, 5.74) is 2.51. The Morgan fingerprint density at radius 2 is 2.06 bits per heavy atom. The summed E-state index contributed by atoms with van der Waals surface area (Å²) in [5, 5.41) is 14.1. The number of piperidine rings is 1. The quantitative estimate of drug-likeness (QED) is 0.553. The third-order valence-electron chi connectivity index (χ3n) is 5.95. The van der Waals surface area contributed by atoms with Crippen LogP contribution in [0.15, 0.2) is 36.7 Å². The summed E-state index contributed by atoms with van der Waals surface area (Å²) >= 11 is 1.63. The van der Waals surface area contributed by atoms with E-state index in [0.717, 1.165) is 18.7 Å². The van der Waals surface area contributed by atoms with Gasteiger partial charge in [-0.2, -0.15) is 5.26 Å². The fourth-order valence-corrected chi connectivity index (χ4v) is 4.37. The minimum Gasteiger partial charge on any atom is -0.326 e. The first kappa shape index (κ1) is 22.0. The Hall–Kier alpha value is -3.16. The number of rotatable bonds is 7. The van der Waals surface area contributed by atoms with Gasteiger partial charge in [-0.1, -0.05) is 24.1 Å². The van der Waals surface area contributed by atoms with E-state index in [-0.39, 0.29) is 22.8 Å². The van der Waals surface area contributed by atoms with Crippen LogP contribution < -0.4 is 20.3 Å². The molecule has 1 aliphatic heterocycles. The number of hydrogen-bond acceptors (Lipinski definition) is 7. The van der Waals surface area contributed by atoms with Crippen molar-refractivity contribution in [3.05, 3.63) is 47.9 Å². The Kier molecular flexibility index (Phi) is 6.58. The Bertz CT molecular complexity index is 1020. The molecule has 2 aromatic rings. The normalized spacial score (nSPS) is 19.2. The molecule has 1 atom stereocenters. The van der Waals surface area contributed by atoms with Crippen molar-refractivity contribution in [3.63, 3.8) is 0 Å². The molecule has 3 amide bonds. The number of nitrogens with zero attached hydrogens (tertiary/aromatic N) is 4. The van der Waals surface area contributed by atoms with E-state index in [9.17, 15) is 9.59 Å². The Morgan fingerprint density at radius 3 is 2.69 bits per heavy atom. The summed E-state index contributed by atoms with van der Waals surface area (Å²) < 4.78 is 3.36. The first-order valence-corrected chi connectivity index (χ1v) is 11.7. The number of benzene rings is 1. The standard InChI is InChI=1S/C22H25N7O2S/c1-32-26-14-22(8-9-22)15-4-6-17(7-5-15)29-10-2-3-18(20(29)30)27-21(31)28-19-13-24-16(11-23)12-25-19/h4-7,12-13,18,26H,2-3,8-10,14H2,1H3,(H2,25,27,28,31). The minimum absolute atomic E-state index is 0.129. The molecule has 2 fully saturated rings. The number of carbonyl (C=O) groups excluding carboxylic acids is 2. The molecular formula is C22H25N7O2S. The maximum absolute atomic E-state index is 13.0. The fraction of sp³-hybridized carbons (Fsp3) is 0.409. The van der Waals surface area contributed by atoms with Gasteiger partial charge in [-0.15, -0.1) is 0 Å². The molecule has 1 aliphatic carbocycles. The molecule has 0 spiro atoms. The van der Waals surface area contributed by atoms with Crippen LogP contribution in [-0.2, 0) is 10.2 Å². The molecule has 2 aliphatic rings. The van der Waals surface area contributed by atoms with E-state index in [1.807, 2.05) is 24.5 Å². The van der Waals surface area contributed by atoms with Crippen LogP contribution in [0.3, 0.4) is 0 Å². The minimum atomic E-state index is -0.615. The molecule has 0 radical (unpaired) electrons. The Morgan fingerprint density at radius 1 is 1.28 bits per heavy atom. The number of urea groups is 1. The van der Waals surface area contributed by atoms with Crippen LogP contribution in [0, 0.1) is 11.3 Å². The van der Waals surface area contributed by atoms with E-state index in [1.54, 1.807) is 16.8 Å². The van der Waals surface area contributed by atoms with Gasteiger partial charge in [-0.05, 0) is 49.6 Å². The summed E-state index contributed by atoms with van der Waals surface area (Å²) in [7, 11) is 0. The largest absolute Gasteiger partial charge is 0.326 e. The van der Waals surface area contributed by atoms with Gasteiger partial charge in [-0.3, -0.25) is 14.8 Å². The zero-order valence-corrected chi connectivity index (χ0v) is 18.6. The molecule has 2 heterocycles. The number of hydrogen-bond donors (Lipinski definition) is 3. The van der Waals surface area contributed by atoms with Gasteiger partial charge >= 0.3 is 6.03 Å². The fourth-order valence-electron chi connectivity index (χ4n) is 3.95. The molecule has 1 saturated carbocycles. The predicted molar refractivity (Wildman–Crippen MR) is 123 cm³/mol. The van der Waals surface area contributed by atoms with E-state index in [0.29, 0.717) is 13.0 Å². The first-order valence-electron chi connectivity index (χ1n) is 10.5. The third kappa shape index (κ3) is 4.84. The Labute approximate surface area is 191 Å². The zero-order valence-electron chi connectivity index (χ0n) is 17.8. The number of nitrogens with one attached hydrogen (secondary N) is 3. The van der Waals surface area contributed by atoms with Crippen molar-refractivity contribution in [1.29, 1.82) is 5.26 Å². The third-order valence-corrected chi connectivity index (χ3v) is 6.38. The van der Waals surface area contributed by atoms with Crippen LogP contribution in [0.25, 0.3) is 0 Å². The molecule has 1 unspecified atom stereocenters. The summed E-state index contributed by atoms with van der Waals surface area (Å²) in [6, 6.07) is 8.96. The topological polar surface area (TPSA) is 123 Å². The summed E-state index contributed by atoms with van der Waals surface area (Å²) in [6.45, 7) is 1.57. The molecule has 1 aromatic carbocycles. The predicted octanol–water partition coefficient (Wildman–Crippen LogP) is 2.56. The SMILES string of the molecule is CSNCC1(c2ccc(N3CCCC(NC(=O)Nc4cnc(C#N)cn4)C3=O)cc2)CC1. The lowest BCUT2D eigenvalue weighted by atomic mass is 9.95. The molecule has 0 bridgehead atoms. The van der Waals surface area contributed by atoms with Crippen LogP contribution in [0.1, 0.15) is 36.9 Å². The lowest BCUT2D eigenvalue weighted by Crippen LogP contribution is -2.53. The van der Waals surface area contributed by atoms with Crippen LogP contribution in [0.4, 0.5) is 16.3 Å². The second-order valence-electron chi connectivity index (χ2n) is 8.03. The van der Waals surface area contributed by atoms with Gasteiger partial charge in [0, 0.05) is 24.2 Å². The second-order valence-corrected chi connectivity index (χ2v) is 8.73. The highest BCUT2D eigenvalue weighted by molar-refractivity contribution is 7.96. The highest BCUT2D eigenvalue weighted by Crippen LogP contribution is 2.48. The van der Waals surface area contributed by atoms with Crippen molar-refractivity contribution in [2.24, 2.45) is 0 Å². The highest BCUT2D eigenvalue weighted by atomic mass is 32.2. The van der Waals surface area contributed by atoms with E-state index in [2.05, 4.69) is 37.5 Å². The Balaban J connectivity index is 1.37. The lowest BCUT2D eigenvalue weighted by Gasteiger charge is -2.33. The number of amides is 3. The van der Waals surface area contributed by atoms with Gasteiger partial charge in [0.2, 0.25) is 5.91 Å². The zero-order chi connectivity index (χ0) is 22.6. The van der Waals surface area contributed by atoms with Gasteiger partial charge in [0.15, 0.2) is 11.5 Å². The molecule has 10 heteroatoms. The molecule has 1 aromatic heterocycles. The summed E-state index contributed by atoms with van der Waals surface area (Å²) in [5.74, 6) is 0.0809. The van der Waals surface area contributed by atoms with Gasteiger partial charge in [0.25, 0.3) is 0 Å². The first-order chi connectivity index (χ1) is 15.5. The lowest BCUT2D eigenvalue weighted by molar-refractivity contribution is -0.121. The van der Waals surface area contributed by atoms with Gasteiger partial charge < -0.3 is 10.2 Å². The van der Waals surface area contributed by atoms with Crippen LogP contribution in [0.5, 0.6) is 0 Å². The van der Waals surface area contributed by atoms with Gasteiger partial charge in [0.1, 0.15) is 12.1 Å². The smallest absolute Gasteiger partial charge is 0.321 e. The van der Waals surface area contributed by atoms with Gasteiger partial charge in [0.05, 0.1) is 12.4 Å². The highest BCUT2D eigenvalue weighted by Gasteiger charge is 2.43. The monoisotopic (exact) mass is 451 g/mol. The average Bonchev–Trinajstić information content (AvgIpc) is 3.61. The van der Waals surface area contributed by atoms with Crippen molar-refractivity contribution in [2.75, 3.05) is 29.6 Å². The van der Waals surface area contributed by atoms with Crippen LogP contribution in [-0.4, -0.2) is 47.3 Å². The van der Waals surface area contributed by atoms with Crippen molar-refractivity contribution in [1.82, 2.24) is 20.0 Å². The molecule has 3 N–H and O–H groups in total. The molecule has 9 nitrogen and oxygen atoms in total. The van der Waals surface area contributed by atoms with E-state index in [1.165, 1.54) is 30.8 Å². The molecule has 32 heavy (non-hydrogen) atoms. The molecular weight excluding hydrogens is 426 g/mol. The average molecular weight is 452 g/mol. The van der Waals surface area contributed by atoms with E-state index in [4.69, 9.17) is 5.26 Å². The molecule has 166 valence electrons. The number of carbonyl (C=O) groups is 2. The second kappa shape index (κ2) is 9.54. The molecule has 1 saturated heterocycles. The van der Waals surface area contributed by atoms with Crippen LogP contribution in [0.2, 0.25) is 0 Å². The maximum Gasteiger partial charge on any atom is 0.321 e. The number of aromatic nitrogens is 2. The van der Waals surface area contributed by atoms with E-state index < -0.39 is 12.1 Å². The van der Waals surface area contributed by atoms with Crippen molar-refractivity contribution in [3.8, 4) is 6.07 Å². The van der Waals surface area contributed by atoms with Gasteiger partial charge in [-0.25, -0.2) is 14.8 Å². The molecule has 4 rings (SSSR count). The van der Waals surface area contributed by atoms with Crippen molar-refractivity contribution < 1.29 is 9.59 Å². The van der Waals surface area contributed by atoms with Crippen LogP contribution >= 0.6 is 11.9 Å². The number of anilines is 2.